The van der Waals surface area contributed by atoms with Gasteiger partial charge >= 0.3 is 5.97 Å². The van der Waals surface area contributed by atoms with Crippen LogP contribution < -0.4 is 4.74 Å². The quantitative estimate of drug-likeness (QED) is 0.126. The number of aryl methyl sites for hydroxylation is 5. The number of hydrogen-bond acceptors (Lipinski definition) is 3. The van der Waals surface area contributed by atoms with Gasteiger partial charge in [-0.05, 0) is 79.3 Å². The van der Waals surface area contributed by atoms with Gasteiger partial charge in [-0.15, -0.1) is 0 Å². The summed E-state index contributed by atoms with van der Waals surface area (Å²) < 4.78 is 12.1. The van der Waals surface area contributed by atoms with Crippen LogP contribution in [-0.2, 0) is 41.6 Å². The van der Waals surface area contributed by atoms with E-state index in [2.05, 4.69) is 91.5 Å². The Hall–Kier alpha value is -4.11. The van der Waals surface area contributed by atoms with Gasteiger partial charge in [-0.3, -0.25) is 0 Å². The van der Waals surface area contributed by atoms with Crippen molar-refractivity contribution in [3.05, 3.63) is 149 Å². The predicted octanol–water partition coefficient (Wildman–Crippen LogP) is 7.76. The van der Waals surface area contributed by atoms with Crippen molar-refractivity contribution in [1.82, 2.24) is 0 Å². The number of rotatable bonds is 14. The van der Waals surface area contributed by atoms with E-state index >= 15 is 0 Å². The standard InChI is InChI=1S/C36H38O3/c1-28(2)36(37)39-34(24-21-31-16-10-5-11-17-31)27-38-35-25-22-32(19-18-29-12-6-3-7-13-29)26-33(35)23-20-30-14-8-4-9-15-30/h3-17,22,25-26,34H,1,18-21,23-24,27H2,2H3. The third-order valence-corrected chi connectivity index (χ3v) is 6.84. The van der Waals surface area contributed by atoms with Crippen LogP contribution in [0.1, 0.15) is 41.2 Å². The highest BCUT2D eigenvalue weighted by Crippen LogP contribution is 2.24. The normalized spacial score (nSPS) is 11.5. The molecule has 200 valence electrons. The SMILES string of the molecule is C=C(C)C(=O)OC(CCc1ccccc1)COc1ccc(CCc2ccccc2)cc1CCc1ccccc1. The van der Waals surface area contributed by atoms with E-state index < -0.39 is 0 Å². The molecule has 0 saturated heterocycles. The molecule has 0 spiro atoms. The van der Waals surface area contributed by atoms with E-state index in [4.69, 9.17) is 9.47 Å². The molecule has 0 aliphatic rings. The van der Waals surface area contributed by atoms with Gasteiger partial charge in [0, 0.05) is 5.57 Å². The van der Waals surface area contributed by atoms with Crippen LogP contribution in [0.2, 0.25) is 0 Å². The molecule has 0 heterocycles. The fourth-order valence-electron chi connectivity index (χ4n) is 4.56. The lowest BCUT2D eigenvalue weighted by Crippen LogP contribution is -2.26. The van der Waals surface area contributed by atoms with Gasteiger partial charge in [0.05, 0.1) is 0 Å². The molecule has 0 amide bonds. The molecule has 0 aromatic heterocycles. The highest BCUT2D eigenvalue weighted by atomic mass is 16.6. The second-order valence-corrected chi connectivity index (χ2v) is 10.1. The van der Waals surface area contributed by atoms with E-state index in [1.807, 2.05) is 24.3 Å². The lowest BCUT2D eigenvalue weighted by Gasteiger charge is -2.20. The van der Waals surface area contributed by atoms with E-state index in [0.717, 1.165) is 37.9 Å². The zero-order valence-corrected chi connectivity index (χ0v) is 22.9. The highest BCUT2D eigenvalue weighted by molar-refractivity contribution is 5.87. The Morgan fingerprint density at radius 1 is 0.667 bits per heavy atom. The monoisotopic (exact) mass is 518 g/mol. The van der Waals surface area contributed by atoms with Crippen LogP contribution in [0.15, 0.2) is 121 Å². The van der Waals surface area contributed by atoms with Gasteiger partial charge in [-0.25, -0.2) is 4.79 Å². The summed E-state index contributed by atoms with van der Waals surface area (Å²) in [5.74, 6) is 0.475. The van der Waals surface area contributed by atoms with Gasteiger partial charge in [0.15, 0.2) is 0 Å². The summed E-state index contributed by atoms with van der Waals surface area (Å²) in [7, 11) is 0. The maximum absolute atomic E-state index is 12.4. The van der Waals surface area contributed by atoms with Crippen molar-refractivity contribution < 1.29 is 14.3 Å². The van der Waals surface area contributed by atoms with Crippen LogP contribution in [0.5, 0.6) is 5.75 Å². The number of carbonyl (C=O) groups is 1. The lowest BCUT2D eigenvalue weighted by molar-refractivity contribution is -0.146. The van der Waals surface area contributed by atoms with Crippen LogP contribution in [0.3, 0.4) is 0 Å². The molecular formula is C36H38O3. The summed E-state index contributed by atoms with van der Waals surface area (Å²) in [5, 5.41) is 0. The summed E-state index contributed by atoms with van der Waals surface area (Å²) in [6.07, 6.45) is 4.89. The molecule has 0 N–H and O–H groups in total. The number of benzene rings is 4. The van der Waals surface area contributed by atoms with Gasteiger partial charge in [-0.1, -0.05) is 110 Å². The van der Waals surface area contributed by atoms with Crippen LogP contribution in [0.25, 0.3) is 0 Å². The van der Waals surface area contributed by atoms with E-state index in [1.54, 1.807) is 6.92 Å². The lowest BCUT2D eigenvalue weighted by atomic mass is 9.98. The zero-order valence-electron chi connectivity index (χ0n) is 22.9. The number of hydrogen-bond donors (Lipinski definition) is 0. The first kappa shape index (κ1) is 27.9. The summed E-state index contributed by atoms with van der Waals surface area (Å²) in [6, 6.07) is 37.9. The third kappa shape index (κ3) is 9.30. The third-order valence-electron chi connectivity index (χ3n) is 6.84. The van der Waals surface area contributed by atoms with Crippen LogP contribution in [0, 0.1) is 0 Å². The second kappa shape index (κ2) is 14.7. The molecule has 4 aromatic rings. The molecule has 3 nitrogen and oxygen atoms in total. The van der Waals surface area contributed by atoms with E-state index in [-0.39, 0.29) is 12.1 Å². The largest absolute Gasteiger partial charge is 0.489 e. The van der Waals surface area contributed by atoms with Crippen molar-refractivity contribution >= 4 is 5.97 Å². The molecular weight excluding hydrogens is 480 g/mol. The second-order valence-electron chi connectivity index (χ2n) is 10.1. The molecule has 3 heteroatoms. The van der Waals surface area contributed by atoms with Crippen molar-refractivity contribution in [2.75, 3.05) is 6.61 Å². The Morgan fingerprint density at radius 2 is 1.18 bits per heavy atom. The molecule has 1 atom stereocenters. The fourth-order valence-corrected chi connectivity index (χ4v) is 4.56. The van der Waals surface area contributed by atoms with Crippen LogP contribution in [0.4, 0.5) is 0 Å². The molecule has 0 aliphatic heterocycles. The van der Waals surface area contributed by atoms with Crippen LogP contribution in [-0.4, -0.2) is 18.7 Å². The Balaban J connectivity index is 1.47. The average Bonchev–Trinajstić information content (AvgIpc) is 2.98. The van der Waals surface area contributed by atoms with E-state index in [9.17, 15) is 4.79 Å². The maximum atomic E-state index is 12.4. The molecule has 39 heavy (non-hydrogen) atoms. The van der Waals surface area contributed by atoms with Crippen molar-refractivity contribution in [1.29, 1.82) is 0 Å². The van der Waals surface area contributed by atoms with Gasteiger partial charge in [-0.2, -0.15) is 0 Å². The summed E-state index contributed by atoms with van der Waals surface area (Å²) in [4.78, 5) is 12.4. The Kier molecular flexibility index (Phi) is 10.5. The minimum absolute atomic E-state index is 0.299. The average molecular weight is 519 g/mol. The molecule has 0 fully saturated rings. The van der Waals surface area contributed by atoms with Gasteiger partial charge in [0.1, 0.15) is 18.5 Å². The minimum Gasteiger partial charge on any atom is -0.489 e. The Labute approximate surface area is 233 Å². The highest BCUT2D eigenvalue weighted by Gasteiger charge is 2.17. The zero-order chi connectivity index (χ0) is 27.3. The van der Waals surface area contributed by atoms with Crippen molar-refractivity contribution in [3.8, 4) is 5.75 Å². The van der Waals surface area contributed by atoms with Crippen molar-refractivity contribution in [3.63, 3.8) is 0 Å². The van der Waals surface area contributed by atoms with Crippen LogP contribution >= 0.6 is 0 Å². The topological polar surface area (TPSA) is 35.5 Å². The first-order valence-electron chi connectivity index (χ1n) is 13.8. The minimum atomic E-state index is -0.378. The number of esters is 1. The summed E-state index contributed by atoms with van der Waals surface area (Å²) in [6.45, 7) is 5.72. The molecule has 0 bridgehead atoms. The molecule has 4 rings (SSSR count). The summed E-state index contributed by atoms with van der Waals surface area (Å²) >= 11 is 0. The smallest absolute Gasteiger partial charge is 0.333 e. The predicted molar refractivity (Wildman–Crippen MR) is 159 cm³/mol. The molecule has 1 unspecified atom stereocenters. The van der Waals surface area contributed by atoms with Crippen molar-refractivity contribution in [2.45, 2.75) is 51.6 Å². The molecule has 0 radical (unpaired) electrons. The maximum Gasteiger partial charge on any atom is 0.333 e. The molecule has 0 saturated carbocycles. The first-order chi connectivity index (χ1) is 19.1. The van der Waals surface area contributed by atoms with Gasteiger partial charge in [0.2, 0.25) is 0 Å². The molecule has 0 aliphatic carbocycles. The first-order valence-corrected chi connectivity index (χ1v) is 13.8. The van der Waals surface area contributed by atoms with E-state index in [1.165, 1.54) is 27.8 Å². The Bertz CT molecular complexity index is 1310. The Morgan fingerprint density at radius 3 is 1.74 bits per heavy atom. The summed E-state index contributed by atoms with van der Waals surface area (Å²) in [5.41, 5.74) is 6.71. The van der Waals surface area contributed by atoms with E-state index in [0.29, 0.717) is 18.6 Å². The number of carbonyl (C=O) groups excluding carboxylic acids is 1. The van der Waals surface area contributed by atoms with Gasteiger partial charge < -0.3 is 9.47 Å². The fraction of sp³-hybridized carbons (Fsp3) is 0.250. The molecule has 4 aromatic carbocycles. The van der Waals surface area contributed by atoms with Gasteiger partial charge in [0.25, 0.3) is 0 Å². The van der Waals surface area contributed by atoms with Crippen molar-refractivity contribution in [2.24, 2.45) is 0 Å². The number of ether oxygens (including phenoxy) is 2.